The van der Waals surface area contributed by atoms with E-state index in [-0.39, 0.29) is 12.5 Å². The quantitative estimate of drug-likeness (QED) is 0.779. The molecule has 0 saturated heterocycles. The van der Waals surface area contributed by atoms with E-state index in [0.29, 0.717) is 0 Å². The van der Waals surface area contributed by atoms with Crippen molar-refractivity contribution in [3.63, 3.8) is 0 Å². The number of carbonyl (C=O) groups excluding carboxylic acids is 1. The van der Waals surface area contributed by atoms with Crippen molar-refractivity contribution in [3.05, 3.63) is 23.8 Å². The van der Waals surface area contributed by atoms with Crippen LogP contribution < -0.4 is 16.0 Å². The van der Waals surface area contributed by atoms with Crippen molar-refractivity contribution >= 4 is 17.3 Å². The number of amides is 1. The average Bonchev–Trinajstić information content (AvgIpc) is 2.29. The number of rotatable bonds is 2. The number of nitrogens with zero attached hydrogens (tertiary/aromatic N) is 1. The van der Waals surface area contributed by atoms with Crippen LogP contribution >= 0.6 is 0 Å². The van der Waals surface area contributed by atoms with Gasteiger partial charge in [0.1, 0.15) is 0 Å². The summed E-state index contributed by atoms with van der Waals surface area (Å²) in [6, 6.07) is 6.02. The van der Waals surface area contributed by atoms with Crippen molar-refractivity contribution in [2.75, 3.05) is 30.4 Å². The van der Waals surface area contributed by atoms with Crippen molar-refractivity contribution in [2.24, 2.45) is 5.73 Å². The van der Waals surface area contributed by atoms with E-state index in [1.54, 1.807) is 0 Å². The van der Waals surface area contributed by atoms with Gasteiger partial charge in [-0.2, -0.15) is 0 Å². The van der Waals surface area contributed by atoms with Crippen molar-refractivity contribution in [2.45, 2.75) is 12.8 Å². The molecule has 0 atom stereocenters. The molecule has 1 aromatic carbocycles. The summed E-state index contributed by atoms with van der Waals surface area (Å²) in [5.74, 6) is -0.149. The molecule has 1 heterocycles. The van der Waals surface area contributed by atoms with Crippen LogP contribution in [0.4, 0.5) is 11.4 Å². The molecule has 0 fully saturated rings. The Morgan fingerprint density at radius 2 is 2.38 bits per heavy atom. The van der Waals surface area contributed by atoms with Crippen LogP contribution in [0.15, 0.2) is 18.2 Å². The molecule has 4 heteroatoms. The Morgan fingerprint density at radius 1 is 1.56 bits per heavy atom. The molecule has 0 aliphatic carbocycles. The van der Waals surface area contributed by atoms with Crippen LogP contribution in [-0.2, 0) is 11.2 Å². The Morgan fingerprint density at radius 3 is 3.12 bits per heavy atom. The van der Waals surface area contributed by atoms with Gasteiger partial charge in [-0.3, -0.25) is 4.79 Å². The lowest BCUT2D eigenvalue weighted by atomic mass is 10.0. The summed E-state index contributed by atoms with van der Waals surface area (Å²) in [5.41, 5.74) is 8.65. The molecule has 4 nitrogen and oxygen atoms in total. The van der Waals surface area contributed by atoms with Crippen molar-refractivity contribution < 1.29 is 4.79 Å². The van der Waals surface area contributed by atoms with Gasteiger partial charge in [-0.1, -0.05) is 0 Å². The van der Waals surface area contributed by atoms with Crippen LogP contribution in [0.1, 0.15) is 12.0 Å². The predicted molar refractivity (Wildman–Crippen MR) is 65.7 cm³/mol. The van der Waals surface area contributed by atoms with E-state index in [4.69, 9.17) is 5.73 Å². The number of anilines is 2. The van der Waals surface area contributed by atoms with Gasteiger partial charge in [0.15, 0.2) is 0 Å². The van der Waals surface area contributed by atoms with Gasteiger partial charge < -0.3 is 16.0 Å². The number of aryl methyl sites for hydroxylation is 1. The molecule has 86 valence electrons. The van der Waals surface area contributed by atoms with Gasteiger partial charge in [0.2, 0.25) is 5.91 Å². The maximum absolute atomic E-state index is 11.2. The Balaban J connectivity index is 2.21. The number of nitrogens with one attached hydrogen (secondary N) is 1. The smallest absolute Gasteiger partial charge is 0.238 e. The second kappa shape index (κ2) is 4.53. The van der Waals surface area contributed by atoms with Gasteiger partial charge >= 0.3 is 0 Å². The predicted octanol–water partition coefficient (Wildman–Crippen LogP) is 0.966. The maximum atomic E-state index is 11.2. The van der Waals surface area contributed by atoms with Crippen LogP contribution in [-0.4, -0.2) is 26.0 Å². The Hall–Kier alpha value is -1.55. The summed E-state index contributed by atoms with van der Waals surface area (Å²) >= 11 is 0. The zero-order valence-electron chi connectivity index (χ0n) is 9.49. The highest BCUT2D eigenvalue weighted by atomic mass is 16.1. The van der Waals surface area contributed by atoms with E-state index < -0.39 is 0 Å². The van der Waals surface area contributed by atoms with Crippen molar-refractivity contribution in [1.29, 1.82) is 0 Å². The minimum atomic E-state index is -0.149. The highest BCUT2D eigenvalue weighted by Crippen LogP contribution is 2.28. The highest BCUT2D eigenvalue weighted by Gasteiger charge is 2.13. The van der Waals surface area contributed by atoms with Crippen LogP contribution in [0.25, 0.3) is 0 Å². The van der Waals surface area contributed by atoms with Crippen LogP contribution in [0.5, 0.6) is 0 Å². The zero-order chi connectivity index (χ0) is 11.5. The summed E-state index contributed by atoms with van der Waals surface area (Å²) < 4.78 is 0. The zero-order valence-corrected chi connectivity index (χ0v) is 9.49. The first-order chi connectivity index (χ1) is 7.70. The summed E-state index contributed by atoms with van der Waals surface area (Å²) in [7, 11) is 2.09. The number of carbonyl (C=O) groups is 1. The normalized spacial score (nSPS) is 14.5. The monoisotopic (exact) mass is 219 g/mol. The van der Waals surface area contributed by atoms with E-state index in [2.05, 4.69) is 23.3 Å². The molecule has 1 aromatic rings. The molecule has 1 amide bonds. The summed E-state index contributed by atoms with van der Waals surface area (Å²) in [4.78, 5) is 13.4. The number of benzene rings is 1. The van der Waals surface area contributed by atoms with Gasteiger partial charge in [-0.15, -0.1) is 0 Å². The molecule has 2 rings (SSSR count). The second-order valence-corrected chi connectivity index (χ2v) is 4.12. The van der Waals surface area contributed by atoms with Gasteiger partial charge in [-0.05, 0) is 36.6 Å². The Kier molecular flexibility index (Phi) is 3.10. The van der Waals surface area contributed by atoms with Gasteiger partial charge in [-0.25, -0.2) is 0 Å². The lowest BCUT2D eigenvalue weighted by molar-refractivity contribution is -0.114. The number of hydrogen-bond donors (Lipinski definition) is 2. The molecule has 1 aliphatic heterocycles. The third-order valence-electron chi connectivity index (χ3n) is 2.90. The minimum absolute atomic E-state index is 0.0248. The Labute approximate surface area is 95.4 Å². The molecule has 0 saturated carbocycles. The summed E-state index contributed by atoms with van der Waals surface area (Å²) in [6.45, 7) is 1.12. The van der Waals surface area contributed by atoms with E-state index in [1.165, 1.54) is 11.3 Å². The summed E-state index contributed by atoms with van der Waals surface area (Å²) in [5, 5.41) is 2.77. The van der Waals surface area contributed by atoms with Gasteiger partial charge in [0.05, 0.1) is 6.54 Å². The fraction of sp³-hybridized carbons (Fsp3) is 0.417. The molecule has 0 spiro atoms. The third kappa shape index (κ3) is 2.17. The first-order valence-electron chi connectivity index (χ1n) is 5.54. The standard InChI is InChI=1S/C12H17N3O/c1-15-6-2-3-9-7-10(4-5-11(9)15)14-12(16)8-13/h4-5,7H,2-3,6,8,13H2,1H3,(H,14,16). The van der Waals surface area contributed by atoms with Crippen molar-refractivity contribution in [1.82, 2.24) is 0 Å². The Bertz CT molecular complexity index is 403. The average molecular weight is 219 g/mol. The topological polar surface area (TPSA) is 58.4 Å². The van der Waals surface area contributed by atoms with E-state index >= 15 is 0 Å². The molecule has 0 unspecified atom stereocenters. The number of hydrogen-bond acceptors (Lipinski definition) is 3. The molecule has 3 N–H and O–H groups in total. The number of fused-ring (bicyclic) bond motifs is 1. The maximum Gasteiger partial charge on any atom is 0.238 e. The molecular weight excluding hydrogens is 202 g/mol. The van der Waals surface area contributed by atoms with Gasteiger partial charge in [0.25, 0.3) is 0 Å². The molecule has 1 aliphatic rings. The van der Waals surface area contributed by atoms with E-state index in [9.17, 15) is 4.79 Å². The molecule has 0 bridgehead atoms. The van der Waals surface area contributed by atoms with Crippen molar-refractivity contribution in [3.8, 4) is 0 Å². The van der Waals surface area contributed by atoms with Crippen LogP contribution in [0.3, 0.4) is 0 Å². The SMILES string of the molecule is CN1CCCc2cc(NC(=O)CN)ccc21. The molecular formula is C12H17N3O. The van der Waals surface area contributed by atoms with Crippen LogP contribution in [0, 0.1) is 0 Å². The highest BCUT2D eigenvalue weighted by molar-refractivity contribution is 5.92. The third-order valence-corrected chi connectivity index (χ3v) is 2.90. The first-order valence-corrected chi connectivity index (χ1v) is 5.54. The first kappa shape index (κ1) is 11.0. The van der Waals surface area contributed by atoms with E-state index in [0.717, 1.165) is 25.1 Å². The van der Waals surface area contributed by atoms with Crippen LogP contribution in [0.2, 0.25) is 0 Å². The minimum Gasteiger partial charge on any atom is -0.374 e. The molecule has 0 aromatic heterocycles. The van der Waals surface area contributed by atoms with Gasteiger partial charge in [0, 0.05) is 25.0 Å². The lowest BCUT2D eigenvalue weighted by Crippen LogP contribution is -2.25. The second-order valence-electron chi connectivity index (χ2n) is 4.12. The molecule has 0 radical (unpaired) electrons. The fourth-order valence-corrected chi connectivity index (χ4v) is 2.08. The van der Waals surface area contributed by atoms with E-state index in [1.807, 2.05) is 12.1 Å². The molecule has 16 heavy (non-hydrogen) atoms. The fourth-order valence-electron chi connectivity index (χ4n) is 2.08. The largest absolute Gasteiger partial charge is 0.374 e. The summed E-state index contributed by atoms with van der Waals surface area (Å²) in [6.07, 6.45) is 2.24. The number of nitrogens with two attached hydrogens (primary N) is 1. The lowest BCUT2D eigenvalue weighted by Gasteiger charge is -2.27.